The Morgan fingerprint density at radius 1 is 1.11 bits per heavy atom. The molecule has 4 nitrogen and oxygen atoms in total. The molecule has 0 spiro atoms. The van der Waals surface area contributed by atoms with E-state index in [-0.39, 0.29) is 17.7 Å². The molecule has 102 valence electrons. The zero-order chi connectivity index (χ0) is 13.0. The van der Waals surface area contributed by atoms with Gasteiger partial charge in [-0.25, -0.2) is 0 Å². The maximum atomic E-state index is 11.7. The molecular weight excluding hydrogens is 228 g/mol. The Balaban J connectivity index is 1.74. The van der Waals surface area contributed by atoms with Crippen molar-refractivity contribution < 1.29 is 9.59 Å². The first kappa shape index (κ1) is 13.4. The number of amides is 2. The second kappa shape index (κ2) is 6.21. The molecule has 0 aliphatic heterocycles. The lowest BCUT2D eigenvalue weighted by Crippen LogP contribution is -2.44. The van der Waals surface area contributed by atoms with E-state index in [0.29, 0.717) is 19.1 Å². The fourth-order valence-electron chi connectivity index (χ4n) is 2.78. The van der Waals surface area contributed by atoms with Crippen LogP contribution in [-0.4, -0.2) is 35.8 Å². The Hall–Kier alpha value is -1.06. The fourth-order valence-corrected chi connectivity index (χ4v) is 2.78. The zero-order valence-electron chi connectivity index (χ0n) is 11.3. The van der Waals surface area contributed by atoms with E-state index in [2.05, 4.69) is 5.32 Å². The van der Waals surface area contributed by atoms with Gasteiger partial charge in [0, 0.05) is 32.0 Å². The van der Waals surface area contributed by atoms with Gasteiger partial charge in [0.2, 0.25) is 11.8 Å². The standard InChI is InChI=1S/C14H24N2O2/c1-11(17)16(13-5-3-2-4-6-13)10-9-15-14(18)12-7-8-12/h12-13H,2-10H2,1H3,(H,15,18). The van der Waals surface area contributed by atoms with Gasteiger partial charge in [-0.05, 0) is 25.7 Å². The topological polar surface area (TPSA) is 49.4 Å². The van der Waals surface area contributed by atoms with E-state index >= 15 is 0 Å². The van der Waals surface area contributed by atoms with E-state index < -0.39 is 0 Å². The predicted octanol–water partition coefficient (Wildman–Crippen LogP) is 1.69. The number of rotatable bonds is 5. The van der Waals surface area contributed by atoms with Crippen LogP contribution in [0.1, 0.15) is 51.9 Å². The van der Waals surface area contributed by atoms with Crippen LogP contribution in [0, 0.1) is 5.92 Å². The van der Waals surface area contributed by atoms with Crippen LogP contribution in [0.3, 0.4) is 0 Å². The summed E-state index contributed by atoms with van der Waals surface area (Å²) >= 11 is 0. The summed E-state index contributed by atoms with van der Waals surface area (Å²) in [7, 11) is 0. The molecule has 2 fully saturated rings. The van der Waals surface area contributed by atoms with Crippen LogP contribution in [0.25, 0.3) is 0 Å². The van der Waals surface area contributed by atoms with Gasteiger partial charge in [-0.1, -0.05) is 19.3 Å². The molecule has 4 heteroatoms. The van der Waals surface area contributed by atoms with Gasteiger partial charge in [0.25, 0.3) is 0 Å². The molecule has 0 bridgehead atoms. The molecule has 2 aliphatic carbocycles. The Morgan fingerprint density at radius 2 is 1.78 bits per heavy atom. The highest BCUT2D eigenvalue weighted by molar-refractivity contribution is 5.80. The van der Waals surface area contributed by atoms with Crippen molar-refractivity contribution in [3.8, 4) is 0 Å². The second-order valence-electron chi connectivity index (χ2n) is 5.57. The molecule has 2 rings (SSSR count). The minimum atomic E-state index is 0.141. The summed E-state index contributed by atoms with van der Waals surface area (Å²) in [5.41, 5.74) is 0. The summed E-state index contributed by atoms with van der Waals surface area (Å²) in [6.45, 7) is 2.90. The van der Waals surface area contributed by atoms with E-state index in [1.54, 1.807) is 6.92 Å². The number of hydrogen-bond acceptors (Lipinski definition) is 2. The van der Waals surface area contributed by atoms with Crippen LogP contribution in [0.2, 0.25) is 0 Å². The van der Waals surface area contributed by atoms with Crippen LogP contribution in [0.4, 0.5) is 0 Å². The molecule has 2 aliphatic rings. The lowest BCUT2D eigenvalue weighted by atomic mass is 9.94. The summed E-state index contributed by atoms with van der Waals surface area (Å²) in [5, 5.41) is 2.94. The van der Waals surface area contributed by atoms with Crippen LogP contribution < -0.4 is 5.32 Å². The largest absolute Gasteiger partial charge is 0.354 e. The van der Waals surface area contributed by atoms with E-state index in [1.807, 2.05) is 4.90 Å². The van der Waals surface area contributed by atoms with Crippen LogP contribution in [0.15, 0.2) is 0 Å². The maximum Gasteiger partial charge on any atom is 0.223 e. The Kier molecular flexibility index (Phi) is 4.61. The van der Waals surface area contributed by atoms with Crippen molar-refractivity contribution in [1.29, 1.82) is 0 Å². The molecule has 1 N–H and O–H groups in total. The molecule has 0 aromatic carbocycles. The van der Waals surface area contributed by atoms with Gasteiger partial charge in [-0.15, -0.1) is 0 Å². The number of carbonyl (C=O) groups excluding carboxylic acids is 2. The SMILES string of the molecule is CC(=O)N(CCNC(=O)C1CC1)C1CCCCC1. The molecule has 0 atom stereocenters. The lowest BCUT2D eigenvalue weighted by Gasteiger charge is -2.33. The summed E-state index contributed by atoms with van der Waals surface area (Å²) in [6.07, 6.45) is 8.05. The van der Waals surface area contributed by atoms with Gasteiger partial charge in [0.05, 0.1) is 0 Å². The second-order valence-corrected chi connectivity index (χ2v) is 5.57. The highest BCUT2D eigenvalue weighted by Gasteiger charge is 2.29. The van der Waals surface area contributed by atoms with Crippen LogP contribution in [-0.2, 0) is 9.59 Å². The van der Waals surface area contributed by atoms with Crippen LogP contribution >= 0.6 is 0 Å². The van der Waals surface area contributed by atoms with Gasteiger partial charge < -0.3 is 10.2 Å². The quantitative estimate of drug-likeness (QED) is 0.809. The number of nitrogens with zero attached hydrogens (tertiary/aromatic N) is 1. The number of hydrogen-bond donors (Lipinski definition) is 1. The fraction of sp³-hybridized carbons (Fsp3) is 0.857. The van der Waals surface area contributed by atoms with Gasteiger partial charge in [-0.2, -0.15) is 0 Å². The smallest absolute Gasteiger partial charge is 0.223 e. The van der Waals surface area contributed by atoms with E-state index in [1.165, 1.54) is 19.3 Å². The molecule has 18 heavy (non-hydrogen) atoms. The average molecular weight is 252 g/mol. The highest BCUT2D eigenvalue weighted by Crippen LogP contribution is 2.28. The van der Waals surface area contributed by atoms with Crippen molar-refractivity contribution >= 4 is 11.8 Å². The normalized spacial score (nSPS) is 20.5. The first-order chi connectivity index (χ1) is 8.68. The third-order valence-corrected chi connectivity index (χ3v) is 4.02. The average Bonchev–Trinajstić information content (AvgIpc) is 3.19. The van der Waals surface area contributed by atoms with E-state index in [0.717, 1.165) is 25.7 Å². The lowest BCUT2D eigenvalue weighted by molar-refractivity contribution is -0.132. The molecule has 2 saturated carbocycles. The van der Waals surface area contributed by atoms with Gasteiger partial charge in [0.15, 0.2) is 0 Å². The van der Waals surface area contributed by atoms with Gasteiger partial charge >= 0.3 is 0 Å². The van der Waals surface area contributed by atoms with E-state index in [9.17, 15) is 9.59 Å². The predicted molar refractivity (Wildman–Crippen MR) is 70.0 cm³/mol. The monoisotopic (exact) mass is 252 g/mol. The third-order valence-electron chi connectivity index (χ3n) is 4.02. The summed E-state index contributed by atoms with van der Waals surface area (Å²) < 4.78 is 0. The molecule has 0 aromatic rings. The molecular formula is C14H24N2O2. The van der Waals surface area contributed by atoms with Crippen molar-refractivity contribution in [3.05, 3.63) is 0 Å². The van der Waals surface area contributed by atoms with Crippen molar-refractivity contribution in [2.45, 2.75) is 57.9 Å². The Morgan fingerprint density at radius 3 is 2.33 bits per heavy atom. The van der Waals surface area contributed by atoms with Crippen molar-refractivity contribution in [1.82, 2.24) is 10.2 Å². The first-order valence-electron chi connectivity index (χ1n) is 7.23. The molecule has 0 unspecified atom stereocenters. The molecule has 0 radical (unpaired) electrons. The van der Waals surface area contributed by atoms with Gasteiger partial charge in [-0.3, -0.25) is 9.59 Å². The third kappa shape index (κ3) is 3.72. The number of nitrogens with one attached hydrogen (secondary N) is 1. The summed E-state index contributed by atoms with van der Waals surface area (Å²) in [6, 6.07) is 0.397. The molecule has 0 saturated heterocycles. The number of carbonyl (C=O) groups is 2. The van der Waals surface area contributed by atoms with Crippen LogP contribution in [0.5, 0.6) is 0 Å². The minimum Gasteiger partial charge on any atom is -0.354 e. The van der Waals surface area contributed by atoms with Gasteiger partial charge in [0.1, 0.15) is 0 Å². The molecule has 0 aromatic heterocycles. The van der Waals surface area contributed by atoms with Crippen molar-refractivity contribution in [2.24, 2.45) is 5.92 Å². The first-order valence-corrected chi connectivity index (χ1v) is 7.23. The van der Waals surface area contributed by atoms with Crippen molar-refractivity contribution in [2.75, 3.05) is 13.1 Å². The molecule has 2 amide bonds. The molecule has 0 heterocycles. The maximum absolute atomic E-state index is 11.7. The zero-order valence-corrected chi connectivity index (χ0v) is 11.3. The summed E-state index contributed by atoms with van der Waals surface area (Å²) in [4.78, 5) is 25.1. The Bertz CT molecular complexity index is 307. The minimum absolute atomic E-state index is 0.141. The Labute approximate surface area is 109 Å². The van der Waals surface area contributed by atoms with E-state index in [4.69, 9.17) is 0 Å². The highest BCUT2D eigenvalue weighted by atomic mass is 16.2. The van der Waals surface area contributed by atoms with Crippen molar-refractivity contribution in [3.63, 3.8) is 0 Å². The summed E-state index contributed by atoms with van der Waals surface area (Å²) in [5.74, 6) is 0.565.